The number of aromatic nitrogens is 1. The van der Waals surface area contributed by atoms with Gasteiger partial charge in [-0.2, -0.15) is 0 Å². The molecule has 2 rings (SSSR count). The largest absolute Gasteiger partial charge is 0.324 e. The second-order valence-corrected chi connectivity index (χ2v) is 5.12. The van der Waals surface area contributed by atoms with Gasteiger partial charge in [-0.05, 0) is 30.5 Å². The normalized spacial score (nSPS) is 13.3. The molecular weight excluding hydrogens is 232 g/mol. The van der Waals surface area contributed by atoms with Crippen molar-refractivity contribution in [1.29, 1.82) is 0 Å². The van der Waals surface area contributed by atoms with Gasteiger partial charge in [0, 0.05) is 17.1 Å². The molecule has 17 heavy (non-hydrogen) atoms. The van der Waals surface area contributed by atoms with Crippen molar-refractivity contribution in [1.82, 2.24) is 4.98 Å². The Balaban J connectivity index is 2.81. The van der Waals surface area contributed by atoms with Crippen LogP contribution >= 0.6 is 11.6 Å². The van der Waals surface area contributed by atoms with E-state index in [9.17, 15) is 0 Å². The van der Waals surface area contributed by atoms with E-state index in [-0.39, 0.29) is 6.04 Å². The van der Waals surface area contributed by atoms with Crippen molar-refractivity contribution in [3.8, 4) is 0 Å². The molecule has 1 aromatic heterocycles. The zero-order valence-corrected chi connectivity index (χ0v) is 11.1. The molecule has 0 spiro atoms. The molecular formula is C14H17ClN2. The lowest BCUT2D eigenvalue weighted by Gasteiger charge is -2.14. The van der Waals surface area contributed by atoms with Crippen molar-refractivity contribution < 1.29 is 0 Å². The van der Waals surface area contributed by atoms with Gasteiger partial charge in [0.2, 0.25) is 0 Å². The molecule has 2 N–H and O–H groups in total. The van der Waals surface area contributed by atoms with E-state index in [4.69, 9.17) is 17.3 Å². The molecule has 1 atom stereocenters. The van der Waals surface area contributed by atoms with Gasteiger partial charge in [0.25, 0.3) is 0 Å². The lowest BCUT2D eigenvalue weighted by atomic mass is 9.99. The molecule has 0 aliphatic heterocycles. The first-order valence-corrected chi connectivity index (χ1v) is 6.23. The van der Waals surface area contributed by atoms with E-state index in [2.05, 4.69) is 24.9 Å². The summed E-state index contributed by atoms with van der Waals surface area (Å²) in [5.41, 5.74) is 9.03. The van der Waals surface area contributed by atoms with Gasteiger partial charge < -0.3 is 5.73 Å². The highest BCUT2D eigenvalue weighted by Gasteiger charge is 2.12. The van der Waals surface area contributed by atoms with E-state index in [1.807, 2.05) is 25.1 Å². The molecule has 0 amide bonds. The van der Waals surface area contributed by atoms with Crippen LogP contribution < -0.4 is 5.73 Å². The summed E-state index contributed by atoms with van der Waals surface area (Å²) in [7, 11) is 0. The second-order valence-electron chi connectivity index (χ2n) is 4.72. The van der Waals surface area contributed by atoms with Crippen molar-refractivity contribution in [2.24, 2.45) is 5.73 Å². The number of nitrogens with two attached hydrogens (primary N) is 1. The van der Waals surface area contributed by atoms with Crippen LogP contribution in [0.1, 0.15) is 44.0 Å². The maximum Gasteiger partial charge on any atom is 0.0894 e. The lowest BCUT2D eigenvalue weighted by molar-refractivity contribution is 0.794. The first kappa shape index (κ1) is 12.3. The van der Waals surface area contributed by atoms with Gasteiger partial charge in [-0.15, -0.1) is 0 Å². The summed E-state index contributed by atoms with van der Waals surface area (Å²) < 4.78 is 0. The van der Waals surface area contributed by atoms with Crippen LogP contribution in [0.3, 0.4) is 0 Å². The monoisotopic (exact) mass is 248 g/mol. The van der Waals surface area contributed by atoms with Gasteiger partial charge in [-0.3, -0.25) is 4.98 Å². The summed E-state index contributed by atoms with van der Waals surface area (Å²) in [5, 5.41) is 1.74. The maximum atomic E-state index is 6.21. The number of benzene rings is 1. The number of hydrogen-bond donors (Lipinski definition) is 1. The maximum absolute atomic E-state index is 6.21. The van der Waals surface area contributed by atoms with Crippen LogP contribution in [0.4, 0.5) is 0 Å². The number of halogens is 1. The zero-order valence-electron chi connectivity index (χ0n) is 10.4. The average Bonchev–Trinajstić information content (AvgIpc) is 2.28. The summed E-state index contributed by atoms with van der Waals surface area (Å²) in [6.07, 6.45) is 0. The SMILES string of the molecule is CC(C)c1cc(C(C)N)c2cccc(Cl)c2n1. The lowest BCUT2D eigenvalue weighted by Crippen LogP contribution is -2.08. The Morgan fingerprint density at radius 1 is 1.24 bits per heavy atom. The molecule has 0 aliphatic carbocycles. The van der Waals surface area contributed by atoms with Gasteiger partial charge in [0.15, 0.2) is 0 Å². The third kappa shape index (κ3) is 2.28. The molecule has 1 aromatic carbocycles. The number of para-hydroxylation sites is 1. The average molecular weight is 249 g/mol. The quantitative estimate of drug-likeness (QED) is 0.872. The third-order valence-electron chi connectivity index (χ3n) is 2.92. The minimum absolute atomic E-state index is 0.0172. The van der Waals surface area contributed by atoms with Crippen molar-refractivity contribution >= 4 is 22.5 Å². The van der Waals surface area contributed by atoms with Crippen LogP contribution in [0.2, 0.25) is 5.02 Å². The number of rotatable bonds is 2. The predicted molar refractivity (Wildman–Crippen MR) is 73.4 cm³/mol. The zero-order chi connectivity index (χ0) is 12.6. The number of hydrogen-bond acceptors (Lipinski definition) is 2. The van der Waals surface area contributed by atoms with E-state index < -0.39 is 0 Å². The molecule has 90 valence electrons. The Bertz CT molecular complexity index is 547. The molecule has 0 aliphatic rings. The molecule has 0 fully saturated rings. The molecule has 2 nitrogen and oxygen atoms in total. The molecule has 3 heteroatoms. The van der Waals surface area contributed by atoms with Crippen LogP contribution in [-0.4, -0.2) is 4.98 Å². The Morgan fingerprint density at radius 2 is 1.94 bits per heavy atom. The van der Waals surface area contributed by atoms with Crippen LogP contribution in [0.15, 0.2) is 24.3 Å². The molecule has 0 radical (unpaired) electrons. The van der Waals surface area contributed by atoms with Crippen molar-refractivity contribution in [3.63, 3.8) is 0 Å². The van der Waals surface area contributed by atoms with Gasteiger partial charge in [-0.25, -0.2) is 0 Å². The fraction of sp³-hybridized carbons (Fsp3) is 0.357. The Kier molecular flexibility index (Phi) is 3.36. The van der Waals surface area contributed by atoms with E-state index in [0.29, 0.717) is 10.9 Å². The summed E-state index contributed by atoms with van der Waals surface area (Å²) in [5.74, 6) is 0.369. The minimum atomic E-state index is -0.0172. The van der Waals surface area contributed by atoms with E-state index >= 15 is 0 Å². The summed E-state index contributed by atoms with van der Waals surface area (Å²) in [4.78, 5) is 4.63. The van der Waals surface area contributed by atoms with Gasteiger partial charge in [0.1, 0.15) is 0 Å². The molecule has 0 bridgehead atoms. The van der Waals surface area contributed by atoms with Crippen molar-refractivity contribution in [2.75, 3.05) is 0 Å². The number of fused-ring (bicyclic) bond motifs is 1. The van der Waals surface area contributed by atoms with Crippen molar-refractivity contribution in [3.05, 3.63) is 40.5 Å². The molecule has 1 heterocycles. The number of pyridine rings is 1. The minimum Gasteiger partial charge on any atom is -0.324 e. The highest BCUT2D eigenvalue weighted by Crippen LogP contribution is 2.29. The first-order valence-electron chi connectivity index (χ1n) is 5.85. The van der Waals surface area contributed by atoms with Gasteiger partial charge in [-0.1, -0.05) is 37.6 Å². The van der Waals surface area contributed by atoms with Crippen LogP contribution in [0.25, 0.3) is 10.9 Å². The Hall–Kier alpha value is -1.12. The topological polar surface area (TPSA) is 38.9 Å². The smallest absolute Gasteiger partial charge is 0.0894 e. The fourth-order valence-corrected chi connectivity index (χ4v) is 2.15. The predicted octanol–water partition coefficient (Wildman–Crippen LogP) is 4.03. The van der Waals surface area contributed by atoms with Crippen LogP contribution in [0, 0.1) is 0 Å². The Morgan fingerprint density at radius 3 is 2.53 bits per heavy atom. The third-order valence-corrected chi connectivity index (χ3v) is 3.23. The first-order chi connectivity index (χ1) is 8.00. The molecule has 0 saturated carbocycles. The molecule has 1 unspecified atom stereocenters. The second kappa shape index (κ2) is 4.63. The van der Waals surface area contributed by atoms with Crippen LogP contribution in [-0.2, 0) is 0 Å². The number of nitrogens with zero attached hydrogens (tertiary/aromatic N) is 1. The van der Waals surface area contributed by atoms with Gasteiger partial charge in [0.05, 0.1) is 10.5 Å². The molecule has 0 saturated heterocycles. The summed E-state index contributed by atoms with van der Waals surface area (Å²) in [6.45, 7) is 6.23. The van der Waals surface area contributed by atoms with Crippen LogP contribution in [0.5, 0.6) is 0 Å². The Labute approximate surface area is 107 Å². The highest BCUT2D eigenvalue weighted by atomic mass is 35.5. The van der Waals surface area contributed by atoms with Gasteiger partial charge >= 0.3 is 0 Å². The summed E-state index contributed by atoms with van der Waals surface area (Å²) in [6, 6.07) is 7.90. The highest BCUT2D eigenvalue weighted by molar-refractivity contribution is 6.35. The van der Waals surface area contributed by atoms with E-state index in [1.54, 1.807) is 0 Å². The van der Waals surface area contributed by atoms with E-state index in [0.717, 1.165) is 22.2 Å². The summed E-state index contributed by atoms with van der Waals surface area (Å²) >= 11 is 6.21. The van der Waals surface area contributed by atoms with E-state index in [1.165, 1.54) is 0 Å². The fourth-order valence-electron chi connectivity index (χ4n) is 1.93. The molecule has 2 aromatic rings. The van der Waals surface area contributed by atoms with Crippen molar-refractivity contribution in [2.45, 2.75) is 32.7 Å². The standard InChI is InChI=1S/C14H17ClN2/c1-8(2)13-7-11(9(3)16)10-5-4-6-12(15)14(10)17-13/h4-9H,16H2,1-3H3.